The number of furan rings is 1. The lowest BCUT2D eigenvalue weighted by Crippen LogP contribution is -2.40. The SMILES string of the molecule is O=C(OCc1ccc(Cl)cc1Cl)C1CCN(C(=O)c2ccco2)CC1. The van der Waals surface area contributed by atoms with Crippen molar-refractivity contribution in [3.8, 4) is 0 Å². The van der Waals surface area contributed by atoms with Gasteiger partial charge in [0.2, 0.25) is 0 Å². The van der Waals surface area contributed by atoms with Crippen LogP contribution in [-0.2, 0) is 16.1 Å². The van der Waals surface area contributed by atoms with E-state index < -0.39 is 0 Å². The summed E-state index contributed by atoms with van der Waals surface area (Å²) in [6.07, 6.45) is 2.61. The summed E-state index contributed by atoms with van der Waals surface area (Å²) >= 11 is 11.9. The number of hydrogen-bond acceptors (Lipinski definition) is 4. The Morgan fingerprint density at radius 1 is 1.20 bits per heavy atom. The van der Waals surface area contributed by atoms with E-state index in [-0.39, 0.29) is 24.4 Å². The smallest absolute Gasteiger partial charge is 0.309 e. The van der Waals surface area contributed by atoms with Crippen LogP contribution >= 0.6 is 23.2 Å². The van der Waals surface area contributed by atoms with Gasteiger partial charge in [0.25, 0.3) is 5.91 Å². The van der Waals surface area contributed by atoms with Crippen LogP contribution < -0.4 is 0 Å². The maximum atomic E-state index is 12.2. The summed E-state index contributed by atoms with van der Waals surface area (Å²) in [6, 6.07) is 8.38. The number of likely N-dealkylation sites (tertiary alicyclic amines) is 1. The van der Waals surface area contributed by atoms with E-state index in [0.29, 0.717) is 47.3 Å². The van der Waals surface area contributed by atoms with Crippen molar-refractivity contribution < 1.29 is 18.7 Å². The molecule has 1 saturated heterocycles. The second kappa shape index (κ2) is 7.93. The highest BCUT2D eigenvalue weighted by atomic mass is 35.5. The summed E-state index contributed by atoms with van der Waals surface area (Å²) in [4.78, 5) is 26.1. The molecule has 7 heteroatoms. The van der Waals surface area contributed by atoms with Crippen LogP contribution in [0.5, 0.6) is 0 Å². The van der Waals surface area contributed by atoms with Crippen LogP contribution in [0.4, 0.5) is 0 Å². The fourth-order valence-corrected chi connectivity index (χ4v) is 3.24. The van der Waals surface area contributed by atoms with Crippen LogP contribution in [0.3, 0.4) is 0 Å². The standard InChI is InChI=1S/C18H17Cl2NO4/c19-14-4-3-13(15(20)10-14)11-25-18(23)12-5-7-21(8-6-12)17(22)16-2-1-9-24-16/h1-4,9-10,12H,5-8,11H2. The average Bonchev–Trinajstić information content (AvgIpc) is 3.15. The summed E-state index contributed by atoms with van der Waals surface area (Å²) in [5.41, 5.74) is 0.713. The molecule has 0 radical (unpaired) electrons. The first kappa shape index (κ1) is 17.8. The minimum absolute atomic E-state index is 0.111. The highest BCUT2D eigenvalue weighted by molar-refractivity contribution is 6.35. The highest BCUT2D eigenvalue weighted by Crippen LogP contribution is 2.24. The third-order valence-electron chi connectivity index (χ3n) is 4.23. The second-order valence-corrected chi connectivity index (χ2v) is 6.73. The molecule has 5 nitrogen and oxygen atoms in total. The van der Waals surface area contributed by atoms with Gasteiger partial charge in [-0.2, -0.15) is 0 Å². The monoisotopic (exact) mass is 381 g/mol. The molecule has 0 bridgehead atoms. The molecule has 0 atom stereocenters. The second-order valence-electron chi connectivity index (χ2n) is 5.89. The number of rotatable bonds is 4. The van der Waals surface area contributed by atoms with Crippen LogP contribution in [-0.4, -0.2) is 29.9 Å². The number of nitrogens with zero attached hydrogens (tertiary/aromatic N) is 1. The van der Waals surface area contributed by atoms with Crippen LogP contribution in [0.25, 0.3) is 0 Å². The molecule has 132 valence electrons. The van der Waals surface area contributed by atoms with Crippen molar-refractivity contribution in [1.29, 1.82) is 0 Å². The van der Waals surface area contributed by atoms with Gasteiger partial charge < -0.3 is 14.1 Å². The van der Waals surface area contributed by atoms with E-state index in [1.165, 1.54) is 6.26 Å². The number of hydrogen-bond donors (Lipinski definition) is 0. The summed E-state index contributed by atoms with van der Waals surface area (Å²) in [6.45, 7) is 1.11. The lowest BCUT2D eigenvalue weighted by molar-refractivity contribution is -0.151. The van der Waals surface area contributed by atoms with Gasteiger partial charge in [-0.25, -0.2) is 0 Å². The van der Waals surface area contributed by atoms with Crippen LogP contribution in [0, 0.1) is 5.92 Å². The summed E-state index contributed by atoms with van der Waals surface area (Å²) in [7, 11) is 0. The first-order valence-corrected chi connectivity index (χ1v) is 8.73. The van der Waals surface area contributed by atoms with Crippen molar-refractivity contribution in [3.05, 3.63) is 58.0 Å². The van der Waals surface area contributed by atoms with Gasteiger partial charge in [0.05, 0.1) is 12.2 Å². The van der Waals surface area contributed by atoms with Crippen molar-refractivity contribution >= 4 is 35.1 Å². The number of carbonyl (C=O) groups excluding carboxylic acids is 2. The Bertz CT molecular complexity index is 752. The van der Waals surface area contributed by atoms with E-state index in [1.807, 2.05) is 0 Å². The number of halogens is 2. The first-order valence-electron chi connectivity index (χ1n) is 7.98. The average molecular weight is 382 g/mol. The molecule has 3 rings (SSSR count). The molecule has 1 aliphatic rings. The number of amides is 1. The Hall–Kier alpha value is -1.98. The van der Waals surface area contributed by atoms with Gasteiger partial charge >= 0.3 is 5.97 Å². The van der Waals surface area contributed by atoms with Crippen molar-refractivity contribution in [2.24, 2.45) is 5.92 Å². The van der Waals surface area contributed by atoms with E-state index in [2.05, 4.69) is 0 Å². The van der Waals surface area contributed by atoms with Gasteiger partial charge in [-0.05, 0) is 37.1 Å². The molecule has 0 aliphatic carbocycles. The Labute approximate surface area is 155 Å². The summed E-state index contributed by atoms with van der Waals surface area (Å²) in [5, 5.41) is 1.01. The zero-order valence-corrected chi connectivity index (χ0v) is 14.9. The highest BCUT2D eigenvalue weighted by Gasteiger charge is 2.29. The molecule has 1 amide bonds. The van der Waals surface area contributed by atoms with Gasteiger partial charge in [-0.3, -0.25) is 9.59 Å². The molecule has 0 N–H and O–H groups in total. The molecule has 1 aromatic carbocycles. The largest absolute Gasteiger partial charge is 0.461 e. The minimum atomic E-state index is -0.267. The number of esters is 1. The molecular weight excluding hydrogens is 365 g/mol. The maximum Gasteiger partial charge on any atom is 0.309 e. The van der Waals surface area contributed by atoms with E-state index in [9.17, 15) is 9.59 Å². The summed E-state index contributed by atoms with van der Waals surface area (Å²) in [5.74, 6) is -0.314. The van der Waals surface area contributed by atoms with Gasteiger partial charge in [0, 0.05) is 28.7 Å². The lowest BCUT2D eigenvalue weighted by Gasteiger charge is -2.30. The van der Waals surface area contributed by atoms with E-state index in [4.69, 9.17) is 32.4 Å². The van der Waals surface area contributed by atoms with E-state index in [1.54, 1.807) is 35.2 Å². The predicted octanol–water partition coefficient (Wildman–Crippen LogP) is 4.18. The molecule has 1 aromatic heterocycles. The normalized spacial score (nSPS) is 15.2. The molecule has 0 spiro atoms. The van der Waals surface area contributed by atoms with Crippen molar-refractivity contribution in [2.45, 2.75) is 19.4 Å². The zero-order valence-electron chi connectivity index (χ0n) is 13.4. The van der Waals surface area contributed by atoms with Gasteiger partial charge in [0.15, 0.2) is 5.76 Å². The molecule has 1 fully saturated rings. The van der Waals surface area contributed by atoms with Gasteiger partial charge in [0.1, 0.15) is 6.61 Å². The third-order valence-corrected chi connectivity index (χ3v) is 4.82. The van der Waals surface area contributed by atoms with Gasteiger partial charge in [-0.15, -0.1) is 0 Å². The van der Waals surface area contributed by atoms with Crippen molar-refractivity contribution in [3.63, 3.8) is 0 Å². The van der Waals surface area contributed by atoms with E-state index >= 15 is 0 Å². The molecule has 1 aliphatic heterocycles. The van der Waals surface area contributed by atoms with Crippen LogP contribution in [0.15, 0.2) is 41.0 Å². The topological polar surface area (TPSA) is 59.8 Å². The molecule has 0 unspecified atom stereocenters. The third kappa shape index (κ3) is 4.35. The zero-order chi connectivity index (χ0) is 17.8. The Kier molecular flexibility index (Phi) is 5.66. The molecule has 2 heterocycles. The fourth-order valence-electron chi connectivity index (χ4n) is 2.78. The number of carbonyl (C=O) groups is 2. The predicted molar refractivity (Wildman–Crippen MR) is 93.6 cm³/mol. The fraction of sp³-hybridized carbons (Fsp3) is 0.333. The number of ether oxygens (including phenoxy) is 1. The van der Waals surface area contributed by atoms with Crippen molar-refractivity contribution in [2.75, 3.05) is 13.1 Å². The van der Waals surface area contributed by atoms with E-state index in [0.717, 1.165) is 0 Å². The lowest BCUT2D eigenvalue weighted by atomic mass is 9.97. The maximum absolute atomic E-state index is 12.2. The Morgan fingerprint density at radius 2 is 1.96 bits per heavy atom. The number of piperidine rings is 1. The number of benzene rings is 1. The Morgan fingerprint density at radius 3 is 2.60 bits per heavy atom. The Balaban J connectivity index is 1.49. The summed E-state index contributed by atoms with van der Waals surface area (Å²) < 4.78 is 10.5. The molecular formula is C18H17Cl2NO4. The van der Waals surface area contributed by atoms with Crippen LogP contribution in [0.1, 0.15) is 29.0 Å². The minimum Gasteiger partial charge on any atom is -0.461 e. The quantitative estimate of drug-likeness (QED) is 0.745. The van der Waals surface area contributed by atoms with Crippen molar-refractivity contribution in [1.82, 2.24) is 4.90 Å². The first-order chi connectivity index (χ1) is 12.0. The molecule has 0 saturated carbocycles. The van der Waals surface area contributed by atoms with Crippen LogP contribution in [0.2, 0.25) is 10.0 Å². The molecule has 25 heavy (non-hydrogen) atoms. The van der Waals surface area contributed by atoms with Gasteiger partial charge in [-0.1, -0.05) is 29.3 Å². The molecule has 2 aromatic rings.